The van der Waals surface area contributed by atoms with E-state index in [9.17, 15) is 0 Å². The number of hydrogen-bond acceptors (Lipinski definition) is 7. The van der Waals surface area contributed by atoms with Gasteiger partial charge in [-0.3, -0.25) is 19.4 Å². The second-order valence-corrected chi connectivity index (χ2v) is 7.97. The van der Waals surface area contributed by atoms with E-state index in [1.807, 2.05) is 30.5 Å². The molecule has 4 heterocycles. The molecule has 2 aliphatic rings. The van der Waals surface area contributed by atoms with Crippen LogP contribution in [0.1, 0.15) is 17.3 Å². The van der Waals surface area contributed by atoms with Gasteiger partial charge in [0.15, 0.2) is 0 Å². The summed E-state index contributed by atoms with van der Waals surface area (Å²) in [6.07, 6.45) is 3.60. The number of benzene rings is 2. The van der Waals surface area contributed by atoms with Crippen molar-refractivity contribution in [3.63, 3.8) is 0 Å². The summed E-state index contributed by atoms with van der Waals surface area (Å²) in [6, 6.07) is 20.5. The number of para-hydroxylation sites is 2. The van der Waals surface area contributed by atoms with Crippen molar-refractivity contribution >= 4 is 22.9 Å². The number of methoxy groups -OCH3 is 1. The van der Waals surface area contributed by atoms with Crippen LogP contribution in [-0.2, 0) is 6.54 Å². The van der Waals surface area contributed by atoms with Gasteiger partial charge in [0.25, 0.3) is 0 Å². The van der Waals surface area contributed by atoms with Crippen LogP contribution in [0.15, 0.2) is 78.0 Å². The highest BCUT2D eigenvalue weighted by molar-refractivity contribution is 5.98. The molecule has 2 aromatic carbocycles. The van der Waals surface area contributed by atoms with Crippen molar-refractivity contribution in [1.29, 1.82) is 0 Å². The molecule has 32 heavy (non-hydrogen) atoms. The number of nitrogens with zero attached hydrogens (tertiary/aromatic N) is 6. The summed E-state index contributed by atoms with van der Waals surface area (Å²) in [5, 5.41) is 3.65. The molecule has 0 fully saturated rings. The maximum atomic E-state index is 5.35. The Morgan fingerprint density at radius 3 is 2.75 bits per heavy atom. The van der Waals surface area contributed by atoms with E-state index in [0.29, 0.717) is 13.3 Å². The van der Waals surface area contributed by atoms with Crippen LogP contribution in [-0.4, -0.2) is 45.8 Å². The first-order valence-corrected chi connectivity index (χ1v) is 10.6. The second kappa shape index (κ2) is 7.65. The predicted octanol–water partition coefficient (Wildman–Crippen LogP) is 3.18. The molecular weight excluding hydrogens is 402 g/mol. The lowest BCUT2D eigenvalue weighted by atomic mass is 10.1. The molecule has 1 unspecified atom stereocenters. The normalized spacial score (nSPS) is 18.0. The summed E-state index contributed by atoms with van der Waals surface area (Å²) in [5.74, 6) is 2.57. The number of nitrogens with one attached hydrogen (secondary N) is 1. The molecule has 1 atom stereocenters. The zero-order chi connectivity index (χ0) is 21.5. The molecule has 2 aliphatic heterocycles. The number of hydrogen-bond donors (Lipinski definition) is 1. The van der Waals surface area contributed by atoms with Gasteiger partial charge >= 0.3 is 0 Å². The Balaban J connectivity index is 1.41. The van der Waals surface area contributed by atoms with Crippen molar-refractivity contribution < 1.29 is 4.74 Å². The van der Waals surface area contributed by atoms with Crippen LogP contribution < -0.4 is 15.0 Å². The van der Waals surface area contributed by atoms with Gasteiger partial charge in [0.2, 0.25) is 11.9 Å². The van der Waals surface area contributed by atoms with E-state index in [1.165, 1.54) is 5.56 Å². The Morgan fingerprint density at radius 1 is 1.06 bits per heavy atom. The monoisotopic (exact) mass is 425 g/mol. The maximum absolute atomic E-state index is 5.35. The number of guanidine groups is 1. The fourth-order valence-corrected chi connectivity index (χ4v) is 4.38. The zero-order valence-corrected chi connectivity index (χ0v) is 17.7. The van der Waals surface area contributed by atoms with Gasteiger partial charge in [-0.1, -0.05) is 30.3 Å². The summed E-state index contributed by atoms with van der Waals surface area (Å²) in [4.78, 5) is 18.5. The third-order valence-electron chi connectivity index (χ3n) is 5.92. The first kappa shape index (κ1) is 18.8. The molecule has 6 rings (SSSR count). The highest BCUT2D eigenvalue weighted by atomic mass is 16.5. The van der Waals surface area contributed by atoms with Gasteiger partial charge in [-0.2, -0.15) is 0 Å². The Labute approximate surface area is 185 Å². The fraction of sp³-hybridized carbons (Fsp3) is 0.208. The third kappa shape index (κ3) is 3.16. The molecule has 160 valence electrons. The van der Waals surface area contributed by atoms with Crippen molar-refractivity contribution in [3.05, 3.63) is 84.2 Å². The van der Waals surface area contributed by atoms with Gasteiger partial charge in [0, 0.05) is 18.9 Å². The van der Waals surface area contributed by atoms with Gasteiger partial charge < -0.3 is 10.1 Å². The number of pyridine rings is 1. The van der Waals surface area contributed by atoms with Crippen LogP contribution in [0, 0.1) is 0 Å². The average Bonchev–Trinajstić information content (AvgIpc) is 3.24. The van der Waals surface area contributed by atoms with Gasteiger partial charge in [-0.05, 0) is 41.5 Å². The molecule has 0 bridgehead atoms. The lowest BCUT2D eigenvalue weighted by Crippen LogP contribution is -2.57. The summed E-state index contributed by atoms with van der Waals surface area (Å²) >= 11 is 0. The molecule has 8 heteroatoms. The first-order chi connectivity index (χ1) is 15.8. The third-order valence-corrected chi connectivity index (χ3v) is 5.92. The molecule has 0 aliphatic carbocycles. The van der Waals surface area contributed by atoms with Gasteiger partial charge in [0.1, 0.15) is 11.9 Å². The van der Waals surface area contributed by atoms with E-state index in [-0.39, 0.29) is 6.17 Å². The Kier molecular flexibility index (Phi) is 4.50. The molecule has 4 aromatic rings. The fourth-order valence-electron chi connectivity index (χ4n) is 4.38. The molecule has 8 nitrogen and oxygen atoms in total. The topological polar surface area (TPSA) is 70.8 Å². The molecular formula is C24H23N7O. The lowest BCUT2D eigenvalue weighted by molar-refractivity contribution is 0.263. The number of anilines is 1. The molecule has 0 radical (unpaired) electrons. The summed E-state index contributed by atoms with van der Waals surface area (Å²) in [6.45, 7) is 2.09. The minimum absolute atomic E-state index is 0.108. The molecule has 0 amide bonds. The number of imidazole rings is 1. The highest BCUT2D eigenvalue weighted by Crippen LogP contribution is 2.34. The van der Waals surface area contributed by atoms with E-state index in [1.54, 1.807) is 13.3 Å². The lowest BCUT2D eigenvalue weighted by Gasteiger charge is -2.41. The summed E-state index contributed by atoms with van der Waals surface area (Å²) in [5.41, 5.74) is 4.34. The van der Waals surface area contributed by atoms with E-state index in [0.717, 1.165) is 40.8 Å². The van der Waals surface area contributed by atoms with E-state index >= 15 is 0 Å². The minimum atomic E-state index is -0.108. The van der Waals surface area contributed by atoms with Gasteiger partial charge in [-0.15, -0.1) is 0 Å². The van der Waals surface area contributed by atoms with Crippen molar-refractivity contribution in [2.24, 2.45) is 4.99 Å². The SMILES string of the molecule is COc1ccc(C2NC3=NCN(Cc4cccnc4)CN3c3nc4ccccc4n32)cc1. The van der Waals surface area contributed by atoms with Crippen molar-refractivity contribution in [2.45, 2.75) is 12.7 Å². The summed E-state index contributed by atoms with van der Waals surface area (Å²) < 4.78 is 7.60. The Bertz CT molecular complexity index is 1280. The number of ether oxygens (including phenoxy) is 1. The second-order valence-electron chi connectivity index (χ2n) is 7.97. The van der Waals surface area contributed by atoms with Crippen LogP contribution in [0.25, 0.3) is 11.0 Å². The Morgan fingerprint density at radius 2 is 1.94 bits per heavy atom. The van der Waals surface area contributed by atoms with Crippen molar-refractivity contribution in [2.75, 3.05) is 25.3 Å². The van der Waals surface area contributed by atoms with Crippen LogP contribution in [0.2, 0.25) is 0 Å². The smallest absolute Gasteiger partial charge is 0.216 e. The largest absolute Gasteiger partial charge is 0.497 e. The highest BCUT2D eigenvalue weighted by Gasteiger charge is 2.35. The van der Waals surface area contributed by atoms with E-state index in [4.69, 9.17) is 14.7 Å². The summed E-state index contributed by atoms with van der Waals surface area (Å²) in [7, 11) is 1.68. The van der Waals surface area contributed by atoms with Gasteiger partial charge in [0.05, 0.1) is 31.5 Å². The van der Waals surface area contributed by atoms with Crippen LogP contribution in [0.4, 0.5) is 5.95 Å². The van der Waals surface area contributed by atoms with Crippen LogP contribution >= 0.6 is 0 Å². The number of fused-ring (bicyclic) bond motifs is 5. The predicted molar refractivity (Wildman–Crippen MR) is 123 cm³/mol. The van der Waals surface area contributed by atoms with Gasteiger partial charge in [-0.25, -0.2) is 9.98 Å². The van der Waals surface area contributed by atoms with Crippen LogP contribution in [0.3, 0.4) is 0 Å². The average molecular weight is 425 g/mol. The molecule has 0 saturated carbocycles. The number of aliphatic imine (C=N–C) groups is 1. The van der Waals surface area contributed by atoms with E-state index in [2.05, 4.69) is 61.1 Å². The minimum Gasteiger partial charge on any atom is -0.497 e. The number of aromatic nitrogens is 3. The van der Waals surface area contributed by atoms with Crippen molar-refractivity contribution in [3.8, 4) is 5.75 Å². The molecule has 1 N–H and O–H groups in total. The number of rotatable bonds is 4. The zero-order valence-electron chi connectivity index (χ0n) is 17.7. The molecule has 0 spiro atoms. The van der Waals surface area contributed by atoms with E-state index < -0.39 is 0 Å². The Hall–Kier alpha value is -3.91. The standard InChI is InChI=1S/C24H23N7O/c1-32-19-10-8-18(9-11-19)22-28-23-26-15-29(14-17-5-4-12-25-13-17)16-30(23)24-27-20-6-2-3-7-21(20)31(22)24/h2-13,22H,14-16H2,1H3,(H,26,28). The maximum Gasteiger partial charge on any atom is 0.216 e. The van der Waals surface area contributed by atoms with Crippen molar-refractivity contribution in [1.82, 2.24) is 24.8 Å². The molecule has 2 aromatic heterocycles. The molecule has 0 saturated heterocycles. The van der Waals surface area contributed by atoms with Crippen LogP contribution in [0.5, 0.6) is 5.75 Å². The quantitative estimate of drug-likeness (QED) is 0.542. The first-order valence-electron chi connectivity index (χ1n) is 10.6.